The Morgan fingerprint density at radius 2 is 2.32 bits per heavy atom. The van der Waals surface area contributed by atoms with Crippen molar-refractivity contribution in [1.29, 1.82) is 0 Å². The number of carbonyl (C=O) groups excluding carboxylic acids is 1. The largest absolute Gasteiger partial charge is 0.488 e. The Morgan fingerprint density at radius 1 is 1.58 bits per heavy atom. The molecule has 0 saturated carbocycles. The van der Waals surface area contributed by atoms with E-state index >= 15 is 0 Å². The zero-order valence-corrected chi connectivity index (χ0v) is 11.8. The third kappa shape index (κ3) is 2.71. The molecule has 0 radical (unpaired) electrons. The molecule has 0 spiro atoms. The minimum atomic E-state index is 0.114. The van der Waals surface area contributed by atoms with E-state index in [0.717, 1.165) is 23.1 Å². The summed E-state index contributed by atoms with van der Waals surface area (Å²) in [5.74, 6) is 1.21. The van der Waals surface area contributed by atoms with Gasteiger partial charge in [-0.15, -0.1) is 0 Å². The Hall–Kier alpha value is -1.61. The zero-order valence-electron chi connectivity index (χ0n) is 11.8. The van der Waals surface area contributed by atoms with Gasteiger partial charge in [-0.05, 0) is 37.3 Å². The number of hydrogen-bond acceptors (Lipinski definition) is 3. The van der Waals surface area contributed by atoms with Crippen LogP contribution in [0.4, 0.5) is 0 Å². The number of carbonyl (C=O) groups is 1. The van der Waals surface area contributed by atoms with Gasteiger partial charge in [0.1, 0.15) is 12.4 Å². The molecule has 1 unspecified atom stereocenters. The zero-order chi connectivity index (χ0) is 14.0. The molecule has 1 atom stereocenters. The van der Waals surface area contributed by atoms with E-state index in [-0.39, 0.29) is 5.78 Å². The highest BCUT2D eigenvalue weighted by Gasteiger charge is 2.26. The molecular weight excluding hydrogens is 238 g/mol. The first-order valence-electron chi connectivity index (χ1n) is 6.70. The van der Waals surface area contributed by atoms with Gasteiger partial charge >= 0.3 is 0 Å². The average molecular weight is 259 g/mol. The van der Waals surface area contributed by atoms with Crippen molar-refractivity contribution in [2.24, 2.45) is 11.7 Å². The number of nitrogens with two attached hydrogens (primary N) is 1. The molecule has 19 heavy (non-hydrogen) atoms. The molecule has 1 heterocycles. The first-order chi connectivity index (χ1) is 9.04. The van der Waals surface area contributed by atoms with Crippen LogP contribution in [0, 0.1) is 5.92 Å². The van der Waals surface area contributed by atoms with Crippen LogP contribution in [0.15, 0.2) is 46.3 Å². The highest BCUT2D eigenvalue weighted by molar-refractivity contribution is 6.09. The Bertz CT molecular complexity index is 521. The number of Topliss-reactive ketones (excluding diaryl/α,β-unsaturated/α-hetero) is 1. The second-order valence-corrected chi connectivity index (χ2v) is 5.24. The van der Waals surface area contributed by atoms with Gasteiger partial charge in [0.15, 0.2) is 5.78 Å². The van der Waals surface area contributed by atoms with Gasteiger partial charge in [-0.1, -0.05) is 25.2 Å². The van der Waals surface area contributed by atoms with Crippen molar-refractivity contribution in [2.45, 2.75) is 27.2 Å². The molecule has 0 fully saturated rings. The predicted octanol–water partition coefficient (Wildman–Crippen LogP) is 2.66. The SMILES string of the molecule is CC1=C(/C(C)=C\CN)OCC2=C(CC(C)C=C2)C1=O. The van der Waals surface area contributed by atoms with Crippen LogP contribution in [-0.2, 0) is 9.53 Å². The smallest absolute Gasteiger partial charge is 0.188 e. The van der Waals surface area contributed by atoms with Crippen molar-refractivity contribution in [3.8, 4) is 0 Å². The van der Waals surface area contributed by atoms with E-state index < -0.39 is 0 Å². The normalized spacial score (nSPS) is 24.3. The standard InChI is InChI=1S/C16H21NO2/c1-10-4-5-13-9-19-16(11(2)6-7-17)12(3)15(18)14(13)8-10/h4-6,10H,7-9,17H2,1-3H3/b11-6-. The summed E-state index contributed by atoms with van der Waals surface area (Å²) < 4.78 is 5.83. The van der Waals surface area contributed by atoms with E-state index in [2.05, 4.69) is 13.0 Å². The lowest BCUT2D eigenvalue weighted by Gasteiger charge is -2.16. The van der Waals surface area contributed by atoms with Crippen LogP contribution >= 0.6 is 0 Å². The Morgan fingerprint density at radius 3 is 3.00 bits per heavy atom. The number of allylic oxidation sites excluding steroid dienone is 4. The Kier molecular flexibility index (Phi) is 4.05. The molecule has 0 aromatic heterocycles. The molecule has 0 amide bonds. The van der Waals surface area contributed by atoms with Crippen LogP contribution in [0.25, 0.3) is 0 Å². The molecule has 3 heteroatoms. The van der Waals surface area contributed by atoms with Gasteiger partial charge < -0.3 is 10.5 Å². The molecule has 0 aromatic carbocycles. The summed E-state index contributed by atoms with van der Waals surface area (Å²) >= 11 is 0. The highest BCUT2D eigenvalue weighted by atomic mass is 16.5. The Balaban J connectivity index is 2.39. The first-order valence-corrected chi connectivity index (χ1v) is 6.70. The fourth-order valence-corrected chi connectivity index (χ4v) is 2.54. The van der Waals surface area contributed by atoms with Crippen molar-refractivity contribution < 1.29 is 9.53 Å². The maximum atomic E-state index is 12.6. The van der Waals surface area contributed by atoms with Crippen molar-refractivity contribution in [3.05, 3.63) is 46.3 Å². The predicted molar refractivity (Wildman–Crippen MR) is 76.4 cm³/mol. The van der Waals surface area contributed by atoms with Crippen LogP contribution in [0.2, 0.25) is 0 Å². The minimum absolute atomic E-state index is 0.114. The van der Waals surface area contributed by atoms with E-state index in [4.69, 9.17) is 10.5 Å². The summed E-state index contributed by atoms with van der Waals surface area (Å²) in [6.07, 6.45) is 6.85. The molecule has 1 aliphatic heterocycles. The summed E-state index contributed by atoms with van der Waals surface area (Å²) in [7, 11) is 0. The molecule has 0 aromatic rings. The topological polar surface area (TPSA) is 52.3 Å². The molecule has 2 N–H and O–H groups in total. The quantitative estimate of drug-likeness (QED) is 0.829. The maximum absolute atomic E-state index is 12.6. The molecule has 0 bridgehead atoms. The first kappa shape index (κ1) is 13.8. The molecule has 2 rings (SSSR count). The summed E-state index contributed by atoms with van der Waals surface area (Å²) in [4.78, 5) is 12.6. The lowest BCUT2D eigenvalue weighted by molar-refractivity contribution is -0.112. The third-order valence-electron chi connectivity index (χ3n) is 3.65. The van der Waals surface area contributed by atoms with Gasteiger partial charge in [-0.2, -0.15) is 0 Å². The Labute approximate surface area is 114 Å². The minimum Gasteiger partial charge on any atom is -0.488 e. The van der Waals surface area contributed by atoms with Crippen LogP contribution < -0.4 is 5.73 Å². The number of ketones is 1. The third-order valence-corrected chi connectivity index (χ3v) is 3.65. The van der Waals surface area contributed by atoms with Gasteiger partial charge in [0.25, 0.3) is 0 Å². The number of rotatable bonds is 2. The fraction of sp³-hybridized carbons (Fsp3) is 0.438. The molecule has 0 saturated heterocycles. The number of hydrogen-bond donors (Lipinski definition) is 1. The van der Waals surface area contributed by atoms with Crippen LogP contribution in [0.5, 0.6) is 0 Å². The molecular formula is C16H21NO2. The van der Waals surface area contributed by atoms with E-state index in [1.807, 2.05) is 26.0 Å². The highest BCUT2D eigenvalue weighted by Crippen LogP contribution is 2.31. The summed E-state index contributed by atoms with van der Waals surface area (Å²) in [6, 6.07) is 0. The molecule has 2 aliphatic rings. The molecule has 102 valence electrons. The van der Waals surface area contributed by atoms with E-state index in [1.165, 1.54) is 0 Å². The molecule has 3 nitrogen and oxygen atoms in total. The van der Waals surface area contributed by atoms with Crippen molar-refractivity contribution in [1.82, 2.24) is 0 Å². The van der Waals surface area contributed by atoms with Gasteiger partial charge in [0, 0.05) is 17.7 Å². The lowest BCUT2D eigenvalue weighted by atomic mass is 9.87. The second-order valence-electron chi connectivity index (χ2n) is 5.24. The number of ether oxygens (including phenoxy) is 1. The van der Waals surface area contributed by atoms with Gasteiger partial charge in [0.2, 0.25) is 0 Å². The van der Waals surface area contributed by atoms with Gasteiger partial charge in [-0.3, -0.25) is 4.79 Å². The van der Waals surface area contributed by atoms with E-state index in [1.54, 1.807) is 0 Å². The maximum Gasteiger partial charge on any atom is 0.188 e. The van der Waals surface area contributed by atoms with Gasteiger partial charge in [-0.25, -0.2) is 0 Å². The van der Waals surface area contributed by atoms with Crippen LogP contribution in [0.3, 0.4) is 0 Å². The fourth-order valence-electron chi connectivity index (χ4n) is 2.54. The second kappa shape index (κ2) is 5.57. The van der Waals surface area contributed by atoms with Gasteiger partial charge in [0.05, 0.1) is 0 Å². The van der Waals surface area contributed by atoms with E-state index in [0.29, 0.717) is 30.4 Å². The summed E-state index contributed by atoms with van der Waals surface area (Å²) in [5.41, 5.74) is 9.07. The van der Waals surface area contributed by atoms with Crippen molar-refractivity contribution >= 4 is 5.78 Å². The summed E-state index contributed by atoms with van der Waals surface area (Å²) in [5, 5.41) is 0. The lowest BCUT2D eigenvalue weighted by Crippen LogP contribution is -2.12. The van der Waals surface area contributed by atoms with Crippen molar-refractivity contribution in [2.75, 3.05) is 13.2 Å². The average Bonchev–Trinajstić information content (AvgIpc) is 2.50. The summed E-state index contributed by atoms with van der Waals surface area (Å²) in [6.45, 7) is 6.81. The van der Waals surface area contributed by atoms with Crippen LogP contribution in [0.1, 0.15) is 27.2 Å². The van der Waals surface area contributed by atoms with Crippen LogP contribution in [-0.4, -0.2) is 18.9 Å². The van der Waals surface area contributed by atoms with E-state index in [9.17, 15) is 4.79 Å². The van der Waals surface area contributed by atoms with Crippen molar-refractivity contribution in [3.63, 3.8) is 0 Å². The molecule has 1 aliphatic carbocycles. The monoisotopic (exact) mass is 259 g/mol.